The average Bonchev–Trinajstić information content (AvgIpc) is 2.85. The zero-order valence-electron chi connectivity index (χ0n) is 11.7. The Kier molecular flexibility index (Phi) is 5.15. The number of rotatable bonds is 4. The maximum absolute atomic E-state index is 12.6. The van der Waals surface area contributed by atoms with Crippen molar-refractivity contribution in [3.05, 3.63) is 0 Å². The van der Waals surface area contributed by atoms with Crippen molar-refractivity contribution in [2.45, 2.75) is 32.1 Å². The minimum absolute atomic E-state index is 0.0326. The van der Waals surface area contributed by atoms with Crippen LogP contribution in [0.1, 0.15) is 13.8 Å². The molecular weight excluding hydrogens is 248 g/mol. The Morgan fingerprint density at radius 3 is 2.89 bits per heavy atom. The van der Waals surface area contributed by atoms with Crippen LogP contribution in [-0.2, 0) is 14.3 Å². The Morgan fingerprint density at radius 2 is 2.21 bits per heavy atom. The molecule has 2 aliphatic rings. The second-order valence-corrected chi connectivity index (χ2v) is 5.30. The largest absolute Gasteiger partial charge is 0.394 e. The van der Waals surface area contributed by atoms with Gasteiger partial charge in [0.2, 0.25) is 5.91 Å². The lowest BCUT2D eigenvalue weighted by Crippen LogP contribution is -2.54. The van der Waals surface area contributed by atoms with Gasteiger partial charge in [-0.1, -0.05) is 6.92 Å². The van der Waals surface area contributed by atoms with Crippen molar-refractivity contribution in [1.82, 2.24) is 10.2 Å². The molecule has 2 rings (SSSR count). The first kappa shape index (κ1) is 14.7. The molecule has 0 aliphatic carbocycles. The minimum Gasteiger partial charge on any atom is -0.394 e. The zero-order chi connectivity index (χ0) is 13.8. The quantitative estimate of drug-likeness (QED) is 0.702. The van der Waals surface area contributed by atoms with E-state index in [2.05, 4.69) is 5.32 Å². The summed E-state index contributed by atoms with van der Waals surface area (Å²) in [6.45, 7) is 6.86. The van der Waals surface area contributed by atoms with Gasteiger partial charge in [0.15, 0.2) is 0 Å². The third-order valence-corrected chi connectivity index (χ3v) is 3.71. The van der Waals surface area contributed by atoms with Gasteiger partial charge in [0.05, 0.1) is 37.9 Å². The molecule has 110 valence electrons. The van der Waals surface area contributed by atoms with Gasteiger partial charge < -0.3 is 24.8 Å². The van der Waals surface area contributed by atoms with Crippen LogP contribution in [0.3, 0.4) is 0 Å². The third-order valence-electron chi connectivity index (χ3n) is 3.71. The van der Waals surface area contributed by atoms with Crippen molar-refractivity contribution in [3.8, 4) is 0 Å². The van der Waals surface area contributed by atoms with Crippen LogP contribution in [0.4, 0.5) is 0 Å². The lowest BCUT2D eigenvalue weighted by atomic mass is 10.0. The van der Waals surface area contributed by atoms with Gasteiger partial charge in [0, 0.05) is 19.1 Å². The molecule has 2 heterocycles. The van der Waals surface area contributed by atoms with E-state index in [1.807, 2.05) is 13.8 Å². The summed E-state index contributed by atoms with van der Waals surface area (Å²) in [4.78, 5) is 14.4. The molecule has 0 aromatic carbocycles. The van der Waals surface area contributed by atoms with E-state index in [4.69, 9.17) is 9.47 Å². The Labute approximate surface area is 114 Å². The van der Waals surface area contributed by atoms with E-state index in [-0.39, 0.29) is 36.7 Å². The zero-order valence-corrected chi connectivity index (χ0v) is 11.7. The highest BCUT2D eigenvalue weighted by Gasteiger charge is 2.38. The van der Waals surface area contributed by atoms with Gasteiger partial charge in [0.25, 0.3) is 0 Å². The predicted octanol–water partition coefficient (Wildman–Crippen LogP) is -0.781. The summed E-state index contributed by atoms with van der Waals surface area (Å²) in [6.07, 6.45) is -0.303. The number of carbonyl (C=O) groups excluding carboxylic acids is 1. The molecule has 2 fully saturated rings. The van der Waals surface area contributed by atoms with Crippen molar-refractivity contribution in [2.75, 3.05) is 39.5 Å². The number of likely N-dealkylation sites (N-methyl/N-ethyl adjacent to an activating group) is 1. The predicted molar refractivity (Wildman–Crippen MR) is 69.8 cm³/mol. The second-order valence-electron chi connectivity index (χ2n) is 5.30. The van der Waals surface area contributed by atoms with Crippen LogP contribution in [-0.4, -0.2) is 73.6 Å². The van der Waals surface area contributed by atoms with Crippen molar-refractivity contribution >= 4 is 5.91 Å². The Balaban J connectivity index is 1.98. The summed E-state index contributed by atoms with van der Waals surface area (Å²) in [5.74, 6) is -0.0124. The standard InChI is InChI=1S/C13H24N2O4/c1-3-14-12-8-18-7-11(12)13(17)15-4-9(2)19-10(5-15)6-16/h9-12,14,16H,3-8H2,1-2H3. The first-order valence-electron chi connectivity index (χ1n) is 7.02. The number of morpholine rings is 1. The maximum atomic E-state index is 12.6. The highest BCUT2D eigenvalue weighted by Crippen LogP contribution is 2.20. The Hall–Kier alpha value is -0.690. The van der Waals surface area contributed by atoms with Crippen molar-refractivity contribution in [2.24, 2.45) is 5.92 Å². The smallest absolute Gasteiger partial charge is 0.229 e. The molecule has 0 spiro atoms. The number of ether oxygens (including phenoxy) is 2. The van der Waals surface area contributed by atoms with Gasteiger partial charge in [-0.25, -0.2) is 0 Å². The number of carbonyl (C=O) groups is 1. The molecule has 2 saturated heterocycles. The summed E-state index contributed by atoms with van der Waals surface area (Å²) < 4.78 is 11.0. The molecule has 0 aromatic heterocycles. The molecule has 19 heavy (non-hydrogen) atoms. The molecule has 6 nitrogen and oxygen atoms in total. The van der Waals surface area contributed by atoms with E-state index in [9.17, 15) is 9.90 Å². The van der Waals surface area contributed by atoms with Crippen LogP contribution < -0.4 is 5.32 Å². The minimum atomic E-state index is -0.271. The molecule has 0 aromatic rings. The molecule has 6 heteroatoms. The normalized spacial score (nSPS) is 35.6. The monoisotopic (exact) mass is 272 g/mol. The summed E-state index contributed by atoms with van der Waals surface area (Å²) >= 11 is 0. The number of nitrogens with one attached hydrogen (secondary N) is 1. The number of hydrogen-bond donors (Lipinski definition) is 2. The molecule has 0 radical (unpaired) electrons. The molecule has 0 bridgehead atoms. The van der Waals surface area contributed by atoms with Gasteiger partial charge in [0.1, 0.15) is 0 Å². The van der Waals surface area contributed by atoms with E-state index in [0.717, 1.165) is 6.54 Å². The fourth-order valence-corrected chi connectivity index (χ4v) is 2.82. The van der Waals surface area contributed by atoms with E-state index in [1.54, 1.807) is 4.90 Å². The maximum Gasteiger partial charge on any atom is 0.229 e. The molecule has 1 amide bonds. The Morgan fingerprint density at radius 1 is 1.42 bits per heavy atom. The topological polar surface area (TPSA) is 71.0 Å². The molecule has 4 unspecified atom stereocenters. The van der Waals surface area contributed by atoms with Crippen LogP contribution in [0.15, 0.2) is 0 Å². The van der Waals surface area contributed by atoms with Gasteiger partial charge in [-0.3, -0.25) is 4.79 Å². The summed E-state index contributed by atoms with van der Waals surface area (Å²) in [7, 11) is 0. The van der Waals surface area contributed by atoms with Crippen LogP contribution in [0.25, 0.3) is 0 Å². The number of aliphatic hydroxyl groups is 1. The van der Waals surface area contributed by atoms with Crippen LogP contribution in [0, 0.1) is 5.92 Å². The van der Waals surface area contributed by atoms with Crippen molar-refractivity contribution < 1.29 is 19.4 Å². The fourth-order valence-electron chi connectivity index (χ4n) is 2.82. The van der Waals surface area contributed by atoms with Gasteiger partial charge in [-0.15, -0.1) is 0 Å². The average molecular weight is 272 g/mol. The van der Waals surface area contributed by atoms with Gasteiger partial charge in [-0.2, -0.15) is 0 Å². The van der Waals surface area contributed by atoms with Gasteiger partial charge in [-0.05, 0) is 13.5 Å². The Bertz CT molecular complexity index is 313. The number of amides is 1. The molecular formula is C13H24N2O4. The SMILES string of the molecule is CCNC1COCC1C(=O)N1CC(C)OC(CO)C1. The molecule has 2 aliphatic heterocycles. The number of hydrogen-bond acceptors (Lipinski definition) is 5. The van der Waals surface area contributed by atoms with Crippen LogP contribution >= 0.6 is 0 Å². The summed E-state index contributed by atoms with van der Waals surface area (Å²) in [5.41, 5.74) is 0. The van der Waals surface area contributed by atoms with Crippen LogP contribution in [0.2, 0.25) is 0 Å². The molecule has 0 saturated carbocycles. The van der Waals surface area contributed by atoms with Crippen molar-refractivity contribution in [1.29, 1.82) is 0 Å². The third kappa shape index (κ3) is 3.45. The highest BCUT2D eigenvalue weighted by atomic mass is 16.5. The number of aliphatic hydroxyl groups excluding tert-OH is 1. The summed E-state index contributed by atoms with van der Waals surface area (Å²) in [6, 6.07) is 0.100. The van der Waals surface area contributed by atoms with E-state index < -0.39 is 0 Å². The van der Waals surface area contributed by atoms with E-state index in [1.165, 1.54) is 0 Å². The number of nitrogens with zero attached hydrogens (tertiary/aromatic N) is 1. The van der Waals surface area contributed by atoms with E-state index >= 15 is 0 Å². The molecule has 2 N–H and O–H groups in total. The summed E-state index contributed by atoms with van der Waals surface area (Å²) in [5, 5.41) is 12.5. The second kappa shape index (κ2) is 6.65. The first-order valence-corrected chi connectivity index (χ1v) is 7.02. The highest BCUT2D eigenvalue weighted by molar-refractivity contribution is 5.80. The lowest BCUT2D eigenvalue weighted by Gasteiger charge is -2.37. The van der Waals surface area contributed by atoms with Crippen LogP contribution in [0.5, 0.6) is 0 Å². The lowest BCUT2D eigenvalue weighted by molar-refractivity contribution is -0.151. The molecule has 4 atom stereocenters. The fraction of sp³-hybridized carbons (Fsp3) is 0.923. The van der Waals surface area contributed by atoms with Gasteiger partial charge >= 0.3 is 0 Å². The van der Waals surface area contributed by atoms with E-state index in [0.29, 0.717) is 26.3 Å². The first-order chi connectivity index (χ1) is 9.15. The van der Waals surface area contributed by atoms with Crippen molar-refractivity contribution in [3.63, 3.8) is 0 Å².